The zero-order valence-corrected chi connectivity index (χ0v) is 13.2. The molecular formula is C11H7F16NO. The topological polar surface area (TPSA) is 29.1 Å². The normalized spacial score (nSPS) is 15.7. The first-order valence-corrected chi connectivity index (χ1v) is 6.64. The van der Waals surface area contributed by atoms with Gasteiger partial charge in [-0.15, -0.1) is 0 Å². The van der Waals surface area contributed by atoms with Crippen LogP contribution in [0, 0.1) is 0 Å². The summed E-state index contributed by atoms with van der Waals surface area (Å²) in [5, 5.41) is 0.722. The van der Waals surface area contributed by atoms with Gasteiger partial charge in [0.25, 0.3) is 5.91 Å². The Bertz CT molecular complexity index is 612. The van der Waals surface area contributed by atoms with Crippen molar-refractivity contribution in [2.24, 2.45) is 0 Å². The second-order valence-corrected chi connectivity index (χ2v) is 5.23. The lowest BCUT2D eigenvalue weighted by atomic mass is 9.89. The Kier molecular flexibility index (Phi) is 6.83. The lowest BCUT2D eigenvalue weighted by Crippen LogP contribution is -2.74. The van der Waals surface area contributed by atoms with Crippen molar-refractivity contribution >= 4 is 5.91 Å². The molecule has 174 valence electrons. The van der Waals surface area contributed by atoms with Crippen molar-refractivity contribution in [3.63, 3.8) is 0 Å². The first-order valence-electron chi connectivity index (χ1n) is 6.64. The smallest absolute Gasteiger partial charge is 0.351 e. The molecule has 0 spiro atoms. The Morgan fingerprint density at radius 2 is 0.966 bits per heavy atom. The number of carbonyl (C=O) groups excluding carboxylic acids is 1. The van der Waals surface area contributed by atoms with E-state index in [9.17, 15) is 75.0 Å². The van der Waals surface area contributed by atoms with Gasteiger partial charge in [-0.25, -0.2) is 8.78 Å². The molecule has 0 saturated heterocycles. The number of hydrogen-bond donors (Lipinski definition) is 1. The molecule has 1 N–H and O–H groups in total. The van der Waals surface area contributed by atoms with Crippen molar-refractivity contribution in [3.05, 3.63) is 0 Å². The first-order chi connectivity index (χ1) is 12.4. The third-order valence-electron chi connectivity index (χ3n) is 3.29. The van der Waals surface area contributed by atoms with E-state index in [-0.39, 0.29) is 0 Å². The fraction of sp³-hybridized carbons (Fsp3) is 0.909. The number of halogens is 16. The van der Waals surface area contributed by atoms with Crippen LogP contribution in [-0.4, -0.2) is 60.3 Å². The van der Waals surface area contributed by atoms with Crippen LogP contribution in [0.2, 0.25) is 0 Å². The van der Waals surface area contributed by atoms with Crippen molar-refractivity contribution < 1.29 is 75.0 Å². The molecule has 2 nitrogen and oxygen atoms in total. The summed E-state index contributed by atoms with van der Waals surface area (Å²) < 4.78 is 207. The Morgan fingerprint density at radius 1 is 0.655 bits per heavy atom. The van der Waals surface area contributed by atoms with Crippen LogP contribution in [0.3, 0.4) is 0 Å². The molecule has 0 saturated carbocycles. The summed E-state index contributed by atoms with van der Waals surface area (Å²) in [6.45, 7) is -0.318. The van der Waals surface area contributed by atoms with Crippen LogP contribution in [-0.2, 0) is 4.79 Å². The molecule has 0 heterocycles. The average molecular weight is 473 g/mol. The third-order valence-corrected chi connectivity index (χ3v) is 3.29. The van der Waals surface area contributed by atoms with Gasteiger partial charge in [0, 0.05) is 6.54 Å². The minimum atomic E-state index is -8.50. The van der Waals surface area contributed by atoms with E-state index in [1.165, 1.54) is 0 Å². The molecule has 29 heavy (non-hydrogen) atoms. The van der Waals surface area contributed by atoms with Crippen molar-refractivity contribution in [1.29, 1.82) is 0 Å². The zero-order chi connectivity index (χ0) is 24.1. The summed E-state index contributed by atoms with van der Waals surface area (Å²) in [5.74, 6) is -59.2. The summed E-state index contributed by atoms with van der Waals surface area (Å²) in [6.07, 6.45) is -5.90. The van der Waals surface area contributed by atoms with Crippen LogP contribution in [0.25, 0.3) is 0 Å². The molecule has 0 unspecified atom stereocenters. The number of rotatable bonds is 9. The van der Waals surface area contributed by atoms with Gasteiger partial charge in [0.15, 0.2) is 0 Å². The minimum absolute atomic E-state index is 0.708. The number of alkyl halides is 16. The standard InChI is InChI=1S/C11H7F16NO/c1-2-28-4(29)6(16,17)8(20,21)10(24,25)11(26,27)9(22,23)7(18,19)5(14,15)3(12)13/h3H,2H2,1H3,(H,28,29). The highest BCUT2D eigenvalue weighted by Crippen LogP contribution is 2.62. The van der Waals surface area contributed by atoms with Crippen molar-refractivity contribution in [3.8, 4) is 0 Å². The van der Waals surface area contributed by atoms with Gasteiger partial charge in [-0.05, 0) is 6.92 Å². The Balaban J connectivity index is 6.64. The lowest BCUT2D eigenvalue weighted by Gasteiger charge is -2.42. The summed E-state index contributed by atoms with van der Waals surface area (Å²) in [5.41, 5.74) is 0. The maximum absolute atomic E-state index is 13.3. The maximum Gasteiger partial charge on any atom is 0.392 e. The lowest BCUT2D eigenvalue weighted by molar-refractivity contribution is -0.443. The average Bonchev–Trinajstić information content (AvgIpc) is 2.53. The van der Waals surface area contributed by atoms with Gasteiger partial charge in [0.1, 0.15) is 0 Å². The molecule has 0 aliphatic carbocycles. The Morgan fingerprint density at radius 3 is 1.28 bits per heavy atom. The summed E-state index contributed by atoms with van der Waals surface area (Å²) in [4.78, 5) is 10.7. The molecule has 0 fully saturated rings. The van der Waals surface area contributed by atoms with E-state index in [4.69, 9.17) is 0 Å². The van der Waals surface area contributed by atoms with E-state index in [1.54, 1.807) is 0 Å². The zero-order valence-electron chi connectivity index (χ0n) is 13.2. The molecule has 0 aromatic rings. The third kappa shape index (κ3) is 3.44. The van der Waals surface area contributed by atoms with E-state index >= 15 is 0 Å². The fourth-order valence-electron chi connectivity index (χ4n) is 1.55. The Hall–Kier alpha value is -1.65. The predicted molar refractivity (Wildman–Crippen MR) is 59.3 cm³/mol. The van der Waals surface area contributed by atoms with Crippen molar-refractivity contribution in [1.82, 2.24) is 5.32 Å². The van der Waals surface area contributed by atoms with Crippen LogP contribution in [0.15, 0.2) is 0 Å². The van der Waals surface area contributed by atoms with Crippen LogP contribution in [0.5, 0.6) is 0 Å². The molecule has 0 aromatic heterocycles. The van der Waals surface area contributed by atoms with Gasteiger partial charge >= 0.3 is 47.9 Å². The molecule has 0 aliphatic heterocycles. The highest BCUT2D eigenvalue weighted by molar-refractivity contribution is 5.84. The van der Waals surface area contributed by atoms with Gasteiger partial charge in [-0.2, -0.15) is 61.5 Å². The van der Waals surface area contributed by atoms with Gasteiger partial charge in [0.2, 0.25) is 0 Å². The van der Waals surface area contributed by atoms with Crippen molar-refractivity contribution in [2.75, 3.05) is 6.54 Å². The molecule has 0 rings (SSSR count). The summed E-state index contributed by atoms with van der Waals surface area (Å²) >= 11 is 0. The van der Waals surface area contributed by atoms with E-state index < -0.39 is 60.3 Å². The summed E-state index contributed by atoms with van der Waals surface area (Å²) in [6, 6.07) is 0. The van der Waals surface area contributed by atoms with Gasteiger partial charge in [0.05, 0.1) is 0 Å². The second-order valence-electron chi connectivity index (χ2n) is 5.23. The number of hydrogen-bond acceptors (Lipinski definition) is 1. The largest absolute Gasteiger partial charge is 0.392 e. The molecular weight excluding hydrogens is 466 g/mol. The van der Waals surface area contributed by atoms with E-state index in [1.807, 2.05) is 0 Å². The highest BCUT2D eigenvalue weighted by atomic mass is 19.4. The first kappa shape index (κ1) is 27.4. The molecule has 0 aliphatic rings. The van der Waals surface area contributed by atoms with Crippen molar-refractivity contribution in [2.45, 2.75) is 54.8 Å². The quantitative estimate of drug-likeness (QED) is 0.478. The number of amides is 1. The molecule has 0 bridgehead atoms. The Labute approximate surface area is 149 Å². The van der Waals surface area contributed by atoms with E-state index in [0.717, 1.165) is 5.32 Å². The monoisotopic (exact) mass is 473 g/mol. The molecule has 1 amide bonds. The minimum Gasteiger partial charge on any atom is -0.351 e. The van der Waals surface area contributed by atoms with Crippen LogP contribution in [0.4, 0.5) is 70.2 Å². The van der Waals surface area contributed by atoms with E-state index in [2.05, 4.69) is 0 Å². The molecule has 0 radical (unpaired) electrons. The maximum atomic E-state index is 13.3. The molecule has 0 atom stereocenters. The van der Waals surface area contributed by atoms with Crippen LogP contribution >= 0.6 is 0 Å². The van der Waals surface area contributed by atoms with E-state index in [0.29, 0.717) is 6.92 Å². The van der Waals surface area contributed by atoms with Gasteiger partial charge in [-0.3, -0.25) is 4.79 Å². The summed E-state index contributed by atoms with van der Waals surface area (Å²) in [7, 11) is 0. The SMILES string of the molecule is CCNC(=O)C(F)(F)C(F)(F)C(F)(F)C(F)(F)C(F)(F)C(F)(F)C(F)(F)C(F)F. The van der Waals surface area contributed by atoms with Gasteiger partial charge < -0.3 is 5.32 Å². The molecule has 18 heteroatoms. The number of carbonyl (C=O) groups is 1. The predicted octanol–water partition coefficient (Wildman–Crippen LogP) is 4.83. The van der Waals surface area contributed by atoms with Crippen LogP contribution < -0.4 is 5.32 Å². The number of nitrogens with one attached hydrogen (secondary N) is 1. The fourth-order valence-corrected chi connectivity index (χ4v) is 1.55. The molecule has 0 aromatic carbocycles. The second kappa shape index (κ2) is 7.24. The highest BCUT2D eigenvalue weighted by Gasteiger charge is 2.94. The van der Waals surface area contributed by atoms with Crippen LogP contribution in [0.1, 0.15) is 6.92 Å². The van der Waals surface area contributed by atoms with Gasteiger partial charge in [-0.1, -0.05) is 0 Å².